The molecular weight excluding hydrogens is 493 g/mol. The lowest BCUT2D eigenvalue weighted by Gasteiger charge is -2.36. The van der Waals surface area contributed by atoms with Gasteiger partial charge >= 0.3 is 0 Å². The number of guanidine groups is 1. The lowest BCUT2D eigenvalue weighted by molar-refractivity contribution is 0.0904. The molecule has 0 unspecified atom stereocenters. The standard InChI is InChI=1S/C18H37N5O3S.HI/c1-17(2)26-15-16-27(24,25)23-13-11-22(12-14-23)18(19-3)20-7-10-21-8-5-4-6-9-21;/h17H,4-16H2,1-3H3,(H,19,20);1H. The second-order valence-corrected chi connectivity index (χ2v) is 9.59. The zero-order valence-electron chi connectivity index (χ0n) is 17.6. The van der Waals surface area contributed by atoms with Crippen molar-refractivity contribution in [1.29, 1.82) is 0 Å². The SMILES string of the molecule is CN=C(NCCN1CCCCC1)N1CCN(S(=O)(=O)CCOC(C)C)CC1.I. The smallest absolute Gasteiger partial charge is 0.216 e. The molecule has 0 atom stereocenters. The van der Waals surface area contributed by atoms with Crippen LogP contribution in [0.3, 0.4) is 0 Å². The molecule has 10 heteroatoms. The van der Waals surface area contributed by atoms with E-state index in [9.17, 15) is 8.42 Å². The molecule has 0 bridgehead atoms. The fraction of sp³-hybridized carbons (Fsp3) is 0.944. The molecule has 0 amide bonds. The van der Waals surface area contributed by atoms with Gasteiger partial charge in [0, 0.05) is 46.3 Å². The molecule has 0 aromatic carbocycles. The van der Waals surface area contributed by atoms with Crippen LogP contribution >= 0.6 is 24.0 Å². The van der Waals surface area contributed by atoms with Crippen LogP contribution in [0.5, 0.6) is 0 Å². The summed E-state index contributed by atoms with van der Waals surface area (Å²) in [6.07, 6.45) is 4.00. The molecule has 2 heterocycles. The third-order valence-corrected chi connectivity index (χ3v) is 6.93. The van der Waals surface area contributed by atoms with E-state index in [-0.39, 0.29) is 42.4 Å². The van der Waals surface area contributed by atoms with E-state index >= 15 is 0 Å². The Kier molecular flexibility index (Phi) is 12.2. The fourth-order valence-electron chi connectivity index (χ4n) is 3.54. The molecule has 2 saturated heterocycles. The number of nitrogens with one attached hydrogen (secondary N) is 1. The van der Waals surface area contributed by atoms with Gasteiger partial charge in [-0.25, -0.2) is 8.42 Å². The van der Waals surface area contributed by atoms with Crippen molar-refractivity contribution in [2.45, 2.75) is 39.2 Å². The summed E-state index contributed by atoms with van der Waals surface area (Å²) in [6.45, 7) is 10.7. The minimum Gasteiger partial charge on any atom is -0.378 e. The average molecular weight is 532 g/mol. The zero-order chi connectivity index (χ0) is 19.7. The predicted octanol–water partition coefficient (Wildman–Crippen LogP) is 1.04. The number of sulfonamides is 1. The van der Waals surface area contributed by atoms with Crippen LogP contribution in [0.4, 0.5) is 0 Å². The number of ether oxygens (including phenoxy) is 1. The van der Waals surface area contributed by atoms with Gasteiger partial charge in [0.05, 0.1) is 18.5 Å². The maximum atomic E-state index is 12.4. The molecule has 2 fully saturated rings. The third-order valence-electron chi connectivity index (χ3n) is 5.10. The minimum atomic E-state index is -3.25. The number of hydrogen-bond donors (Lipinski definition) is 1. The van der Waals surface area contributed by atoms with Crippen molar-refractivity contribution >= 4 is 40.0 Å². The summed E-state index contributed by atoms with van der Waals surface area (Å²) >= 11 is 0. The van der Waals surface area contributed by atoms with Crippen LogP contribution in [0.15, 0.2) is 4.99 Å². The van der Waals surface area contributed by atoms with E-state index in [1.165, 1.54) is 32.4 Å². The van der Waals surface area contributed by atoms with E-state index in [4.69, 9.17) is 4.74 Å². The maximum Gasteiger partial charge on any atom is 0.216 e. The Morgan fingerprint density at radius 3 is 2.29 bits per heavy atom. The topological polar surface area (TPSA) is 77.5 Å². The van der Waals surface area contributed by atoms with E-state index in [1.807, 2.05) is 13.8 Å². The van der Waals surface area contributed by atoms with Gasteiger partial charge in [0.1, 0.15) is 0 Å². The number of piperidine rings is 1. The van der Waals surface area contributed by atoms with Crippen molar-refractivity contribution < 1.29 is 13.2 Å². The van der Waals surface area contributed by atoms with E-state index in [1.54, 1.807) is 11.4 Å². The largest absolute Gasteiger partial charge is 0.378 e. The first-order chi connectivity index (χ1) is 12.9. The second kappa shape index (κ2) is 13.2. The summed E-state index contributed by atoms with van der Waals surface area (Å²) in [4.78, 5) is 9.01. The Balaban J connectivity index is 0.00000392. The number of aliphatic imine (C=N–C) groups is 1. The normalized spacial score (nSPS) is 20.3. The van der Waals surface area contributed by atoms with Gasteiger partial charge in [0.25, 0.3) is 0 Å². The molecule has 2 aliphatic rings. The lowest BCUT2D eigenvalue weighted by Crippen LogP contribution is -2.54. The first-order valence-corrected chi connectivity index (χ1v) is 11.8. The van der Waals surface area contributed by atoms with Crippen molar-refractivity contribution in [3.8, 4) is 0 Å². The van der Waals surface area contributed by atoms with Gasteiger partial charge in [-0.2, -0.15) is 4.31 Å². The highest BCUT2D eigenvalue weighted by molar-refractivity contribution is 14.0. The molecule has 2 aliphatic heterocycles. The van der Waals surface area contributed by atoms with Crippen LogP contribution in [0.1, 0.15) is 33.1 Å². The van der Waals surface area contributed by atoms with E-state index in [0.29, 0.717) is 26.2 Å². The van der Waals surface area contributed by atoms with E-state index in [0.717, 1.165) is 19.0 Å². The Labute approximate surface area is 188 Å². The van der Waals surface area contributed by atoms with Gasteiger partial charge in [-0.1, -0.05) is 6.42 Å². The Morgan fingerprint density at radius 1 is 1.07 bits per heavy atom. The predicted molar refractivity (Wildman–Crippen MR) is 125 cm³/mol. The number of piperazine rings is 1. The molecule has 2 rings (SSSR count). The molecule has 1 N–H and O–H groups in total. The number of nitrogens with zero attached hydrogens (tertiary/aromatic N) is 4. The Hall–Kier alpha value is -0.170. The Bertz CT molecular complexity index is 560. The zero-order valence-corrected chi connectivity index (χ0v) is 20.7. The summed E-state index contributed by atoms with van der Waals surface area (Å²) in [5.74, 6) is 0.917. The minimum absolute atomic E-state index is 0. The molecule has 28 heavy (non-hydrogen) atoms. The molecule has 0 aromatic rings. The molecule has 8 nitrogen and oxygen atoms in total. The van der Waals surface area contributed by atoms with Gasteiger partial charge in [-0.3, -0.25) is 4.99 Å². The molecule has 166 valence electrons. The van der Waals surface area contributed by atoms with Crippen molar-refractivity contribution in [2.24, 2.45) is 4.99 Å². The van der Waals surface area contributed by atoms with Crippen LogP contribution < -0.4 is 5.32 Å². The van der Waals surface area contributed by atoms with Gasteiger partial charge in [0.2, 0.25) is 10.0 Å². The Morgan fingerprint density at radius 2 is 1.71 bits per heavy atom. The fourth-order valence-corrected chi connectivity index (χ4v) is 4.82. The number of rotatable bonds is 8. The number of hydrogen-bond acceptors (Lipinski definition) is 5. The lowest BCUT2D eigenvalue weighted by atomic mass is 10.1. The van der Waals surface area contributed by atoms with Crippen LogP contribution in [-0.4, -0.2) is 106 Å². The maximum absolute atomic E-state index is 12.4. The summed E-state index contributed by atoms with van der Waals surface area (Å²) in [7, 11) is -1.46. The number of halogens is 1. The highest BCUT2D eigenvalue weighted by Crippen LogP contribution is 2.10. The second-order valence-electron chi connectivity index (χ2n) is 7.50. The van der Waals surface area contributed by atoms with Crippen LogP contribution in [0, 0.1) is 0 Å². The van der Waals surface area contributed by atoms with E-state index < -0.39 is 10.0 Å². The molecule has 0 saturated carbocycles. The average Bonchev–Trinajstić information content (AvgIpc) is 2.66. The molecule has 0 spiro atoms. The molecule has 0 aliphatic carbocycles. The van der Waals surface area contributed by atoms with Crippen LogP contribution in [0.2, 0.25) is 0 Å². The van der Waals surface area contributed by atoms with Crippen molar-refractivity contribution in [1.82, 2.24) is 19.4 Å². The van der Waals surface area contributed by atoms with Crippen molar-refractivity contribution in [2.75, 3.05) is 71.8 Å². The molecular formula is C18H38IN5O3S. The van der Waals surface area contributed by atoms with Crippen LogP contribution in [0.25, 0.3) is 0 Å². The van der Waals surface area contributed by atoms with Gasteiger partial charge < -0.3 is 19.9 Å². The summed E-state index contributed by atoms with van der Waals surface area (Å²) in [5.41, 5.74) is 0. The highest BCUT2D eigenvalue weighted by atomic mass is 127. The number of likely N-dealkylation sites (tertiary alicyclic amines) is 1. The quantitative estimate of drug-likeness (QED) is 0.287. The van der Waals surface area contributed by atoms with Crippen molar-refractivity contribution in [3.63, 3.8) is 0 Å². The van der Waals surface area contributed by atoms with Gasteiger partial charge in [-0.05, 0) is 39.8 Å². The summed E-state index contributed by atoms with van der Waals surface area (Å²) < 4.78 is 31.8. The monoisotopic (exact) mass is 531 g/mol. The van der Waals surface area contributed by atoms with Gasteiger partial charge in [-0.15, -0.1) is 24.0 Å². The van der Waals surface area contributed by atoms with Crippen LogP contribution in [-0.2, 0) is 14.8 Å². The van der Waals surface area contributed by atoms with E-state index in [2.05, 4.69) is 20.1 Å². The molecule has 0 aromatic heterocycles. The first-order valence-electron chi connectivity index (χ1n) is 10.2. The highest BCUT2D eigenvalue weighted by Gasteiger charge is 2.28. The van der Waals surface area contributed by atoms with Gasteiger partial charge in [0.15, 0.2) is 5.96 Å². The summed E-state index contributed by atoms with van der Waals surface area (Å²) in [5, 5.41) is 3.43. The van der Waals surface area contributed by atoms with Crippen molar-refractivity contribution in [3.05, 3.63) is 0 Å². The third kappa shape index (κ3) is 8.68. The first kappa shape index (κ1) is 25.9. The molecule has 0 radical (unpaired) electrons. The summed E-state index contributed by atoms with van der Waals surface area (Å²) in [6, 6.07) is 0.